The van der Waals surface area contributed by atoms with Crippen LogP contribution in [0.2, 0.25) is 0 Å². The van der Waals surface area contributed by atoms with Gasteiger partial charge in [-0.1, -0.05) is 54.6 Å². The number of nitrogens with zero attached hydrogens (tertiary/aromatic N) is 1. The molecule has 31 heavy (non-hydrogen) atoms. The molecule has 1 heterocycles. The van der Waals surface area contributed by atoms with Crippen LogP contribution in [0.25, 0.3) is 0 Å². The van der Waals surface area contributed by atoms with Gasteiger partial charge in [0.15, 0.2) is 0 Å². The fourth-order valence-corrected chi connectivity index (χ4v) is 3.36. The number of hydrogen-bond acceptors (Lipinski definition) is 8. The molecule has 0 radical (unpaired) electrons. The zero-order valence-corrected chi connectivity index (χ0v) is 19.1. The van der Waals surface area contributed by atoms with E-state index in [1.165, 1.54) is 6.21 Å². The summed E-state index contributed by atoms with van der Waals surface area (Å²) in [7, 11) is 0. The monoisotopic (exact) mass is 437 g/mol. The largest absolute Gasteiger partial charge is 1.00 e. The average Bonchev–Trinajstić information content (AvgIpc) is 2.76. The quantitative estimate of drug-likeness (QED) is 0.255. The number of carboxylic acid groups (broad SMARTS) is 1. The molecule has 0 aromatic heterocycles. The topological polar surface area (TPSA) is 143 Å². The molecule has 1 fully saturated rings. The van der Waals surface area contributed by atoms with E-state index in [0.29, 0.717) is 11.1 Å². The molecule has 1 aliphatic rings. The minimum atomic E-state index is -1.45. The molecule has 0 aliphatic carbocycles. The minimum Gasteiger partial charge on any atom is -0.548 e. The minimum absolute atomic E-state index is 0. The normalized spacial score (nSPS) is 26.9. The molecule has 4 N–H and O–H groups in total. The number of aliphatic hydroxyl groups is 4. The Labute approximate surface area is 202 Å². The molecular formula is C22H24NNaO7. The number of rotatable bonds is 7. The van der Waals surface area contributed by atoms with Gasteiger partial charge in [0.1, 0.15) is 30.5 Å². The number of aliphatic imine (C=N–C) groups is 1. The zero-order chi connectivity index (χ0) is 21.7. The van der Waals surface area contributed by atoms with E-state index in [4.69, 9.17) is 4.74 Å². The van der Waals surface area contributed by atoms with Gasteiger partial charge in [-0.15, -0.1) is 0 Å². The van der Waals surface area contributed by atoms with Crippen molar-refractivity contribution in [2.45, 2.75) is 43.0 Å². The number of ether oxygens (including phenoxy) is 1. The Morgan fingerprint density at radius 3 is 2.26 bits per heavy atom. The number of carboxylic acids is 1. The van der Waals surface area contributed by atoms with Crippen LogP contribution in [0.4, 0.5) is 0 Å². The van der Waals surface area contributed by atoms with Gasteiger partial charge in [0.2, 0.25) is 0 Å². The molecule has 0 spiro atoms. The third-order valence-corrected chi connectivity index (χ3v) is 5.10. The fraction of sp³-hybridized carbons (Fsp3) is 0.364. The molecule has 0 saturated carbocycles. The average molecular weight is 437 g/mol. The fourth-order valence-electron chi connectivity index (χ4n) is 3.36. The maximum Gasteiger partial charge on any atom is 1.00 e. The van der Waals surface area contributed by atoms with E-state index in [9.17, 15) is 30.3 Å². The molecular weight excluding hydrogens is 413 g/mol. The first-order valence-corrected chi connectivity index (χ1v) is 9.59. The van der Waals surface area contributed by atoms with Crippen molar-refractivity contribution in [2.75, 3.05) is 6.61 Å². The molecule has 0 bridgehead atoms. The van der Waals surface area contributed by atoms with Gasteiger partial charge in [-0.25, -0.2) is 0 Å². The van der Waals surface area contributed by atoms with Crippen molar-refractivity contribution >= 4 is 12.2 Å². The van der Waals surface area contributed by atoms with Crippen molar-refractivity contribution in [1.82, 2.24) is 0 Å². The third-order valence-electron chi connectivity index (χ3n) is 5.10. The van der Waals surface area contributed by atoms with E-state index in [1.807, 2.05) is 30.3 Å². The van der Waals surface area contributed by atoms with E-state index in [-0.39, 0.29) is 36.0 Å². The predicted octanol–water partition coefficient (Wildman–Crippen LogP) is -4.01. The van der Waals surface area contributed by atoms with Crippen LogP contribution >= 0.6 is 0 Å². The molecule has 9 heteroatoms. The van der Waals surface area contributed by atoms with Gasteiger partial charge in [0.25, 0.3) is 0 Å². The van der Waals surface area contributed by atoms with Crippen molar-refractivity contribution in [3.05, 3.63) is 71.3 Å². The standard InChI is InChI=1S/C22H25NO7.Na/c24-12-17-18(25)19(26)20(27)21(30-17)15-8-6-14(7-9-15)11-23-16(22(28)29)10-13-4-2-1-3-5-13;/h1-9,11,16-21,24-27H,10,12H2,(H,28,29);/q;+1/p-1/t16-,17+,18+,19+,20+,21-;/m0./s1. The van der Waals surface area contributed by atoms with Crippen LogP contribution in [0, 0.1) is 0 Å². The summed E-state index contributed by atoms with van der Waals surface area (Å²) in [4.78, 5) is 15.5. The SMILES string of the molecule is O=C([O-])[C@H](Cc1ccccc1)N=Cc1ccc([C@@H]2O[C@H](CO)[C@@H](O)[C@@H](O)[C@H]2O)cc1.[Na+]. The van der Waals surface area contributed by atoms with Crippen molar-refractivity contribution in [3.8, 4) is 0 Å². The maximum absolute atomic E-state index is 11.4. The smallest absolute Gasteiger partial charge is 0.548 e. The molecule has 6 atom stereocenters. The first-order valence-electron chi connectivity index (χ1n) is 9.59. The van der Waals surface area contributed by atoms with Gasteiger partial charge < -0.3 is 35.1 Å². The number of carbonyl (C=O) groups excluding carboxylic acids is 1. The number of benzene rings is 2. The molecule has 0 unspecified atom stereocenters. The van der Waals surface area contributed by atoms with Crippen LogP contribution in [0.1, 0.15) is 22.8 Å². The second-order valence-electron chi connectivity index (χ2n) is 7.22. The van der Waals surface area contributed by atoms with Crippen molar-refractivity contribution in [1.29, 1.82) is 0 Å². The summed E-state index contributed by atoms with van der Waals surface area (Å²) in [6.07, 6.45) is -4.52. The summed E-state index contributed by atoms with van der Waals surface area (Å²) in [5.41, 5.74) is 1.99. The number of hydrogen-bond donors (Lipinski definition) is 4. The van der Waals surface area contributed by atoms with Crippen LogP contribution in [-0.2, 0) is 16.0 Å². The van der Waals surface area contributed by atoms with Crippen LogP contribution in [-0.4, -0.2) is 69.7 Å². The Morgan fingerprint density at radius 2 is 1.68 bits per heavy atom. The summed E-state index contributed by atoms with van der Waals surface area (Å²) in [6, 6.07) is 14.7. The van der Waals surface area contributed by atoms with Gasteiger partial charge in [-0.2, -0.15) is 0 Å². The Balaban J connectivity index is 0.00000341. The van der Waals surface area contributed by atoms with Gasteiger partial charge >= 0.3 is 29.6 Å². The van der Waals surface area contributed by atoms with Crippen molar-refractivity contribution in [3.63, 3.8) is 0 Å². The van der Waals surface area contributed by atoms with Crippen LogP contribution in [0.5, 0.6) is 0 Å². The summed E-state index contributed by atoms with van der Waals surface area (Å²) >= 11 is 0. The number of aliphatic carboxylic acids is 1. The van der Waals surface area contributed by atoms with E-state index >= 15 is 0 Å². The first-order chi connectivity index (χ1) is 14.4. The third kappa shape index (κ3) is 6.44. The molecule has 160 valence electrons. The van der Waals surface area contributed by atoms with Gasteiger partial charge in [-0.3, -0.25) is 4.99 Å². The van der Waals surface area contributed by atoms with Crippen molar-refractivity contribution in [2.24, 2.45) is 4.99 Å². The molecule has 8 nitrogen and oxygen atoms in total. The zero-order valence-electron chi connectivity index (χ0n) is 17.1. The maximum atomic E-state index is 11.4. The Morgan fingerprint density at radius 1 is 1.03 bits per heavy atom. The first kappa shape index (κ1) is 25.6. The Hall–Kier alpha value is -1.62. The molecule has 1 aliphatic heterocycles. The number of carbonyl (C=O) groups is 1. The van der Waals surface area contributed by atoms with E-state index in [2.05, 4.69) is 4.99 Å². The van der Waals surface area contributed by atoms with E-state index in [0.717, 1.165) is 5.56 Å². The molecule has 2 aromatic rings. The second-order valence-corrected chi connectivity index (χ2v) is 7.22. The predicted molar refractivity (Wildman–Crippen MR) is 106 cm³/mol. The van der Waals surface area contributed by atoms with Crippen molar-refractivity contribution < 1.29 is 64.6 Å². The van der Waals surface area contributed by atoms with Crippen LogP contribution in [0.15, 0.2) is 59.6 Å². The summed E-state index contributed by atoms with van der Waals surface area (Å²) in [6.45, 7) is -0.502. The second kappa shape index (κ2) is 11.8. The number of aliphatic hydroxyl groups excluding tert-OH is 4. The van der Waals surface area contributed by atoms with Gasteiger partial charge in [0.05, 0.1) is 18.6 Å². The van der Waals surface area contributed by atoms with E-state index < -0.39 is 49.1 Å². The Bertz CT molecular complexity index is 860. The Kier molecular flexibility index (Phi) is 9.80. The summed E-state index contributed by atoms with van der Waals surface area (Å²) < 4.78 is 5.52. The van der Waals surface area contributed by atoms with Crippen LogP contribution < -0.4 is 34.7 Å². The summed E-state index contributed by atoms with van der Waals surface area (Å²) in [5, 5.41) is 50.7. The van der Waals surface area contributed by atoms with E-state index in [1.54, 1.807) is 24.3 Å². The molecule has 0 amide bonds. The van der Waals surface area contributed by atoms with Crippen LogP contribution in [0.3, 0.4) is 0 Å². The van der Waals surface area contributed by atoms with Gasteiger partial charge in [-0.05, 0) is 16.7 Å². The molecule has 3 rings (SSSR count). The molecule has 1 saturated heterocycles. The summed E-state index contributed by atoms with van der Waals surface area (Å²) in [5.74, 6) is -1.27. The van der Waals surface area contributed by atoms with Gasteiger partial charge in [0, 0.05) is 12.6 Å². The molecule has 2 aromatic carbocycles.